The molecule has 0 bridgehead atoms. The summed E-state index contributed by atoms with van der Waals surface area (Å²) < 4.78 is 5.69. The third-order valence-corrected chi connectivity index (χ3v) is 3.51. The first-order valence-electron chi connectivity index (χ1n) is 7.83. The van der Waals surface area contributed by atoms with E-state index in [-0.39, 0.29) is 6.10 Å². The first-order valence-corrected chi connectivity index (χ1v) is 7.83. The number of likely N-dealkylation sites (N-methyl/N-ethyl adjacent to an activating group) is 1. The van der Waals surface area contributed by atoms with Gasteiger partial charge >= 0.3 is 0 Å². The Morgan fingerprint density at radius 3 is 2.25 bits per heavy atom. The second-order valence-electron chi connectivity index (χ2n) is 5.47. The van der Waals surface area contributed by atoms with Crippen LogP contribution in [0, 0.1) is 0 Å². The molecule has 1 atom stereocenters. The van der Waals surface area contributed by atoms with Gasteiger partial charge in [-0.2, -0.15) is 0 Å². The summed E-state index contributed by atoms with van der Waals surface area (Å²) in [6.07, 6.45) is 2.65. The van der Waals surface area contributed by atoms with Crippen LogP contribution in [0.15, 0.2) is 24.3 Å². The van der Waals surface area contributed by atoms with Gasteiger partial charge in [0.2, 0.25) is 0 Å². The second-order valence-corrected chi connectivity index (χ2v) is 5.47. The molecule has 0 aromatic heterocycles. The molecule has 2 N–H and O–H groups in total. The van der Waals surface area contributed by atoms with Crippen molar-refractivity contribution in [3.8, 4) is 5.75 Å². The van der Waals surface area contributed by atoms with Crippen molar-refractivity contribution in [3.05, 3.63) is 29.8 Å². The topological polar surface area (TPSA) is 38.5 Å². The molecule has 0 aliphatic carbocycles. The van der Waals surface area contributed by atoms with E-state index in [4.69, 9.17) is 10.5 Å². The van der Waals surface area contributed by atoms with E-state index >= 15 is 0 Å². The normalized spacial score (nSPS) is 12.9. The van der Waals surface area contributed by atoms with Crippen molar-refractivity contribution in [2.75, 3.05) is 19.6 Å². The smallest absolute Gasteiger partial charge is 0.119 e. The van der Waals surface area contributed by atoms with Crippen LogP contribution in [-0.4, -0.2) is 30.6 Å². The molecule has 3 nitrogen and oxygen atoms in total. The Hall–Kier alpha value is -1.06. The molecule has 1 rings (SSSR count). The molecule has 0 fully saturated rings. The Morgan fingerprint density at radius 1 is 1.15 bits per heavy atom. The summed E-state index contributed by atoms with van der Waals surface area (Å²) in [6, 6.07) is 8.69. The average molecular weight is 278 g/mol. The Bertz CT molecular complexity index is 362. The van der Waals surface area contributed by atoms with Gasteiger partial charge in [-0.1, -0.05) is 32.4 Å². The van der Waals surface area contributed by atoms with E-state index in [0.717, 1.165) is 18.8 Å². The summed E-state index contributed by atoms with van der Waals surface area (Å²) in [4.78, 5) is 2.46. The standard InChI is InChI=1S/C17H30N2O/c1-5-7-12-19(6-2)17(13-18)15-8-10-16(11-9-15)20-14(3)4/h8-11,14,17H,5-7,12-13,18H2,1-4H3. The minimum Gasteiger partial charge on any atom is -0.491 e. The van der Waals surface area contributed by atoms with Crippen molar-refractivity contribution < 1.29 is 4.74 Å². The number of hydrogen-bond acceptors (Lipinski definition) is 3. The van der Waals surface area contributed by atoms with Gasteiger partial charge in [-0.3, -0.25) is 4.90 Å². The molecule has 20 heavy (non-hydrogen) atoms. The maximum Gasteiger partial charge on any atom is 0.119 e. The van der Waals surface area contributed by atoms with Crippen LogP contribution in [0.3, 0.4) is 0 Å². The predicted molar refractivity (Wildman–Crippen MR) is 86.2 cm³/mol. The SMILES string of the molecule is CCCCN(CC)C(CN)c1ccc(OC(C)C)cc1. The molecule has 0 saturated carbocycles. The summed E-state index contributed by atoms with van der Waals surface area (Å²) >= 11 is 0. The number of ether oxygens (including phenoxy) is 1. The third-order valence-electron chi connectivity index (χ3n) is 3.51. The van der Waals surface area contributed by atoms with E-state index in [0.29, 0.717) is 12.6 Å². The fourth-order valence-corrected chi connectivity index (χ4v) is 2.43. The minimum absolute atomic E-state index is 0.211. The van der Waals surface area contributed by atoms with Gasteiger partial charge in [0, 0.05) is 12.6 Å². The molecule has 0 heterocycles. The summed E-state index contributed by atoms with van der Waals surface area (Å²) in [5.74, 6) is 0.927. The summed E-state index contributed by atoms with van der Waals surface area (Å²) in [7, 11) is 0. The lowest BCUT2D eigenvalue weighted by atomic mass is 10.0. The van der Waals surface area contributed by atoms with Crippen LogP contribution in [0.4, 0.5) is 0 Å². The second kappa shape index (κ2) is 8.98. The van der Waals surface area contributed by atoms with Gasteiger partial charge in [-0.05, 0) is 51.1 Å². The summed E-state index contributed by atoms with van der Waals surface area (Å²) in [6.45, 7) is 11.3. The zero-order valence-electron chi connectivity index (χ0n) is 13.4. The first kappa shape index (κ1) is 17.0. The van der Waals surface area contributed by atoms with Gasteiger partial charge in [-0.15, -0.1) is 0 Å². The molecule has 0 aliphatic rings. The highest BCUT2D eigenvalue weighted by Gasteiger charge is 2.17. The average Bonchev–Trinajstić information content (AvgIpc) is 2.44. The lowest BCUT2D eigenvalue weighted by Crippen LogP contribution is -2.34. The van der Waals surface area contributed by atoms with Crippen LogP contribution in [0.2, 0.25) is 0 Å². The number of unbranched alkanes of at least 4 members (excludes halogenated alkanes) is 1. The van der Waals surface area contributed by atoms with E-state index in [1.165, 1.54) is 18.4 Å². The molecule has 0 saturated heterocycles. The molecule has 114 valence electrons. The van der Waals surface area contributed by atoms with Gasteiger partial charge < -0.3 is 10.5 Å². The number of benzene rings is 1. The maximum atomic E-state index is 6.00. The highest BCUT2D eigenvalue weighted by molar-refractivity contribution is 5.29. The largest absolute Gasteiger partial charge is 0.491 e. The zero-order valence-corrected chi connectivity index (χ0v) is 13.4. The fraction of sp³-hybridized carbons (Fsp3) is 0.647. The molecule has 3 heteroatoms. The number of rotatable bonds is 9. The van der Waals surface area contributed by atoms with Crippen molar-refractivity contribution in [2.45, 2.75) is 52.7 Å². The summed E-state index contributed by atoms with van der Waals surface area (Å²) in [5.41, 5.74) is 7.28. The van der Waals surface area contributed by atoms with Crippen molar-refractivity contribution in [1.82, 2.24) is 4.90 Å². The lowest BCUT2D eigenvalue weighted by Gasteiger charge is -2.30. The highest BCUT2D eigenvalue weighted by Crippen LogP contribution is 2.23. The fourth-order valence-electron chi connectivity index (χ4n) is 2.43. The monoisotopic (exact) mass is 278 g/mol. The van der Waals surface area contributed by atoms with Crippen molar-refractivity contribution >= 4 is 0 Å². The van der Waals surface area contributed by atoms with Gasteiger partial charge in [-0.25, -0.2) is 0 Å². The van der Waals surface area contributed by atoms with Gasteiger partial charge in [0.15, 0.2) is 0 Å². The predicted octanol–water partition coefficient (Wildman–Crippen LogP) is 3.60. The number of nitrogens with zero attached hydrogens (tertiary/aromatic N) is 1. The van der Waals surface area contributed by atoms with E-state index in [2.05, 4.69) is 30.9 Å². The molecule has 0 spiro atoms. The molecule has 0 radical (unpaired) electrons. The lowest BCUT2D eigenvalue weighted by molar-refractivity contribution is 0.208. The van der Waals surface area contributed by atoms with Crippen LogP contribution < -0.4 is 10.5 Å². The zero-order chi connectivity index (χ0) is 15.0. The Labute approximate surface area is 124 Å². The van der Waals surface area contributed by atoms with Crippen molar-refractivity contribution in [3.63, 3.8) is 0 Å². The molecule has 1 unspecified atom stereocenters. The Morgan fingerprint density at radius 2 is 1.80 bits per heavy atom. The van der Waals surface area contributed by atoms with Crippen molar-refractivity contribution in [2.24, 2.45) is 5.73 Å². The van der Waals surface area contributed by atoms with E-state index in [1.54, 1.807) is 0 Å². The molecule has 0 amide bonds. The van der Waals surface area contributed by atoms with Gasteiger partial charge in [0.25, 0.3) is 0 Å². The number of hydrogen-bond donors (Lipinski definition) is 1. The Kier molecular flexibility index (Phi) is 7.63. The highest BCUT2D eigenvalue weighted by atomic mass is 16.5. The van der Waals surface area contributed by atoms with E-state index in [1.807, 2.05) is 26.0 Å². The maximum absolute atomic E-state index is 6.00. The van der Waals surface area contributed by atoms with Crippen LogP contribution in [0.25, 0.3) is 0 Å². The van der Waals surface area contributed by atoms with Crippen LogP contribution in [0.1, 0.15) is 52.1 Å². The molecular weight excluding hydrogens is 248 g/mol. The quantitative estimate of drug-likeness (QED) is 0.750. The van der Waals surface area contributed by atoms with Gasteiger partial charge in [0.1, 0.15) is 5.75 Å². The minimum atomic E-state index is 0.211. The van der Waals surface area contributed by atoms with E-state index < -0.39 is 0 Å². The molecular formula is C17H30N2O. The molecule has 1 aromatic carbocycles. The molecule has 0 aliphatic heterocycles. The van der Waals surface area contributed by atoms with Gasteiger partial charge in [0.05, 0.1) is 6.10 Å². The summed E-state index contributed by atoms with van der Waals surface area (Å²) in [5, 5.41) is 0. The molecule has 1 aromatic rings. The van der Waals surface area contributed by atoms with Crippen molar-refractivity contribution in [1.29, 1.82) is 0 Å². The number of nitrogens with two attached hydrogens (primary N) is 1. The van der Waals surface area contributed by atoms with Crippen LogP contribution >= 0.6 is 0 Å². The van der Waals surface area contributed by atoms with E-state index in [9.17, 15) is 0 Å². The Balaban J connectivity index is 2.77. The van der Waals surface area contributed by atoms with Crippen LogP contribution in [0.5, 0.6) is 5.75 Å². The third kappa shape index (κ3) is 5.14. The first-order chi connectivity index (χ1) is 9.62. The van der Waals surface area contributed by atoms with Crippen LogP contribution in [-0.2, 0) is 0 Å².